The zero-order valence-corrected chi connectivity index (χ0v) is 16.0. The van der Waals surface area contributed by atoms with Gasteiger partial charge in [0.1, 0.15) is 0 Å². The normalized spacial score (nSPS) is 10.6. The van der Waals surface area contributed by atoms with Crippen LogP contribution in [0.5, 0.6) is 0 Å². The fraction of sp³-hybridized carbons (Fsp3) is 0.0588. The summed E-state index contributed by atoms with van der Waals surface area (Å²) in [5.41, 5.74) is 7.88. The molecular formula is C17H13Cl2N3OS2. The van der Waals surface area contributed by atoms with Gasteiger partial charge in [0, 0.05) is 26.5 Å². The Bertz CT molecular complexity index is 914. The first-order chi connectivity index (χ1) is 12.0. The Hall–Kier alpha value is -1.73. The molecule has 3 aromatic rings. The van der Waals surface area contributed by atoms with Crippen LogP contribution in [0.2, 0.25) is 10.0 Å². The van der Waals surface area contributed by atoms with Crippen molar-refractivity contribution < 1.29 is 4.79 Å². The van der Waals surface area contributed by atoms with Gasteiger partial charge in [0.25, 0.3) is 0 Å². The molecule has 4 nitrogen and oxygen atoms in total. The van der Waals surface area contributed by atoms with Gasteiger partial charge in [-0.1, -0.05) is 29.3 Å². The zero-order valence-electron chi connectivity index (χ0n) is 12.8. The summed E-state index contributed by atoms with van der Waals surface area (Å²) in [7, 11) is 0. The van der Waals surface area contributed by atoms with E-state index in [2.05, 4.69) is 10.3 Å². The Morgan fingerprint density at radius 3 is 2.84 bits per heavy atom. The number of nitrogen functional groups attached to an aromatic ring is 1. The van der Waals surface area contributed by atoms with Crippen molar-refractivity contribution >= 4 is 63.0 Å². The van der Waals surface area contributed by atoms with E-state index in [1.54, 1.807) is 18.2 Å². The van der Waals surface area contributed by atoms with Crippen molar-refractivity contribution in [2.75, 3.05) is 16.8 Å². The first kappa shape index (κ1) is 18.1. The molecule has 0 aliphatic carbocycles. The van der Waals surface area contributed by atoms with Gasteiger partial charge in [-0.05, 0) is 36.4 Å². The van der Waals surface area contributed by atoms with Crippen LogP contribution in [-0.2, 0) is 4.79 Å². The van der Waals surface area contributed by atoms with Gasteiger partial charge in [0.15, 0.2) is 5.13 Å². The lowest BCUT2D eigenvalue weighted by molar-refractivity contribution is -0.113. The van der Waals surface area contributed by atoms with E-state index in [-0.39, 0.29) is 11.7 Å². The molecule has 128 valence electrons. The number of halogens is 2. The number of hydrogen-bond acceptors (Lipinski definition) is 5. The SMILES string of the molecule is Nc1cccc(SCC(=O)Nc2nc(-c3ccc(Cl)cc3Cl)cs2)c1. The minimum Gasteiger partial charge on any atom is -0.399 e. The quantitative estimate of drug-likeness (QED) is 0.435. The van der Waals surface area contributed by atoms with Gasteiger partial charge in [-0.25, -0.2) is 4.98 Å². The van der Waals surface area contributed by atoms with E-state index in [9.17, 15) is 4.79 Å². The molecule has 2 aromatic carbocycles. The Kier molecular flexibility index (Phi) is 5.86. The first-order valence-electron chi connectivity index (χ1n) is 7.20. The van der Waals surface area contributed by atoms with Crippen LogP contribution in [0.3, 0.4) is 0 Å². The van der Waals surface area contributed by atoms with Gasteiger partial charge in [0.05, 0.1) is 16.5 Å². The van der Waals surface area contributed by atoms with E-state index in [0.717, 1.165) is 10.5 Å². The van der Waals surface area contributed by atoms with Crippen molar-refractivity contribution in [2.45, 2.75) is 4.90 Å². The van der Waals surface area contributed by atoms with Crippen LogP contribution in [0.15, 0.2) is 52.7 Å². The lowest BCUT2D eigenvalue weighted by Gasteiger charge is -2.03. The third-order valence-corrected chi connectivity index (χ3v) is 5.48. The number of thiazole rings is 1. The van der Waals surface area contributed by atoms with E-state index in [1.165, 1.54) is 23.1 Å². The van der Waals surface area contributed by atoms with Gasteiger partial charge in [-0.2, -0.15) is 0 Å². The van der Waals surface area contributed by atoms with Gasteiger partial charge in [0.2, 0.25) is 5.91 Å². The number of nitrogens with two attached hydrogens (primary N) is 1. The molecule has 0 saturated carbocycles. The Balaban J connectivity index is 1.62. The smallest absolute Gasteiger partial charge is 0.236 e. The van der Waals surface area contributed by atoms with Crippen molar-refractivity contribution in [2.24, 2.45) is 0 Å². The number of rotatable bonds is 5. The molecule has 0 aliphatic rings. The monoisotopic (exact) mass is 409 g/mol. The van der Waals surface area contributed by atoms with E-state index in [1.807, 2.05) is 29.6 Å². The molecule has 3 N–H and O–H groups in total. The number of nitrogens with one attached hydrogen (secondary N) is 1. The van der Waals surface area contributed by atoms with Crippen molar-refractivity contribution in [3.63, 3.8) is 0 Å². The number of carbonyl (C=O) groups excluding carboxylic acids is 1. The number of aromatic nitrogens is 1. The first-order valence-corrected chi connectivity index (χ1v) is 9.82. The van der Waals surface area contributed by atoms with Crippen LogP contribution < -0.4 is 11.1 Å². The van der Waals surface area contributed by atoms with Crippen LogP contribution >= 0.6 is 46.3 Å². The summed E-state index contributed by atoms with van der Waals surface area (Å²) in [5, 5.41) is 6.25. The number of benzene rings is 2. The van der Waals surface area contributed by atoms with E-state index in [4.69, 9.17) is 28.9 Å². The summed E-state index contributed by atoms with van der Waals surface area (Å²) in [6, 6.07) is 12.6. The minimum atomic E-state index is -0.129. The van der Waals surface area contributed by atoms with Crippen molar-refractivity contribution in [3.05, 3.63) is 57.9 Å². The van der Waals surface area contributed by atoms with Crippen molar-refractivity contribution in [3.8, 4) is 11.3 Å². The molecule has 1 amide bonds. The third-order valence-electron chi connectivity index (χ3n) is 3.19. The predicted molar refractivity (Wildman–Crippen MR) is 108 cm³/mol. The largest absolute Gasteiger partial charge is 0.399 e. The van der Waals surface area contributed by atoms with Crippen LogP contribution in [-0.4, -0.2) is 16.6 Å². The summed E-state index contributed by atoms with van der Waals surface area (Å²) in [5.74, 6) is 0.149. The zero-order chi connectivity index (χ0) is 17.8. The molecule has 0 spiro atoms. The molecule has 0 unspecified atom stereocenters. The molecule has 0 atom stereocenters. The average Bonchev–Trinajstić information content (AvgIpc) is 3.01. The van der Waals surface area contributed by atoms with E-state index >= 15 is 0 Å². The number of hydrogen-bond donors (Lipinski definition) is 2. The minimum absolute atomic E-state index is 0.129. The van der Waals surface area contributed by atoms with Crippen LogP contribution in [0, 0.1) is 0 Å². The number of amides is 1. The molecule has 8 heteroatoms. The summed E-state index contributed by atoms with van der Waals surface area (Å²) in [6.07, 6.45) is 0. The van der Waals surface area contributed by atoms with Gasteiger partial charge >= 0.3 is 0 Å². The molecule has 1 aromatic heterocycles. The molecule has 0 saturated heterocycles. The average molecular weight is 410 g/mol. The highest BCUT2D eigenvalue weighted by molar-refractivity contribution is 8.00. The lowest BCUT2D eigenvalue weighted by atomic mass is 10.2. The summed E-state index contributed by atoms with van der Waals surface area (Å²) in [4.78, 5) is 17.4. The second-order valence-electron chi connectivity index (χ2n) is 5.07. The highest BCUT2D eigenvalue weighted by Crippen LogP contribution is 2.32. The highest BCUT2D eigenvalue weighted by Gasteiger charge is 2.11. The fourth-order valence-electron chi connectivity index (χ4n) is 2.06. The van der Waals surface area contributed by atoms with E-state index in [0.29, 0.717) is 26.6 Å². The molecule has 0 bridgehead atoms. The van der Waals surface area contributed by atoms with E-state index < -0.39 is 0 Å². The molecule has 0 aliphatic heterocycles. The Morgan fingerprint density at radius 1 is 1.24 bits per heavy atom. The maximum absolute atomic E-state index is 12.1. The standard InChI is InChI=1S/C17H13Cl2N3OS2/c18-10-4-5-13(14(19)6-10)15-8-25-17(21-15)22-16(23)9-24-12-3-1-2-11(20)7-12/h1-8H,9,20H2,(H,21,22,23). The summed E-state index contributed by atoms with van der Waals surface area (Å²) >= 11 is 14.9. The third kappa shape index (κ3) is 4.89. The van der Waals surface area contributed by atoms with Crippen molar-refractivity contribution in [1.29, 1.82) is 0 Å². The fourth-order valence-corrected chi connectivity index (χ4v) is 4.06. The van der Waals surface area contributed by atoms with Crippen molar-refractivity contribution in [1.82, 2.24) is 4.98 Å². The second-order valence-corrected chi connectivity index (χ2v) is 7.82. The topological polar surface area (TPSA) is 68.0 Å². The Morgan fingerprint density at radius 2 is 2.08 bits per heavy atom. The van der Waals surface area contributed by atoms with Gasteiger partial charge in [-0.15, -0.1) is 23.1 Å². The molecule has 25 heavy (non-hydrogen) atoms. The van der Waals surface area contributed by atoms with Crippen LogP contribution in [0.25, 0.3) is 11.3 Å². The lowest BCUT2D eigenvalue weighted by Crippen LogP contribution is -2.13. The molecule has 0 radical (unpaired) electrons. The number of nitrogens with zero attached hydrogens (tertiary/aromatic N) is 1. The molecule has 1 heterocycles. The summed E-state index contributed by atoms with van der Waals surface area (Å²) in [6.45, 7) is 0. The number of thioether (sulfide) groups is 1. The second kappa shape index (κ2) is 8.10. The van der Waals surface area contributed by atoms with Crippen LogP contribution in [0.4, 0.5) is 10.8 Å². The maximum atomic E-state index is 12.1. The highest BCUT2D eigenvalue weighted by atomic mass is 35.5. The summed E-state index contributed by atoms with van der Waals surface area (Å²) < 4.78 is 0. The van der Waals surface area contributed by atoms with Crippen LogP contribution in [0.1, 0.15) is 0 Å². The molecule has 3 rings (SSSR count). The predicted octanol–water partition coefficient (Wildman–Crippen LogP) is 5.43. The number of anilines is 2. The number of carbonyl (C=O) groups is 1. The van der Waals surface area contributed by atoms with Gasteiger partial charge < -0.3 is 11.1 Å². The van der Waals surface area contributed by atoms with Gasteiger partial charge in [-0.3, -0.25) is 4.79 Å². The molecular weight excluding hydrogens is 397 g/mol. The maximum Gasteiger partial charge on any atom is 0.236 e. The Labute approximate surface area is 163 Å². The molecule has 0 fully saturated rings.